The van der Waals surface area contributed by atoms with Crippen molar-refractivity contribution in [1.29, 1.82) is 0 Å². The van der Waals surface area contributed by atoms with Crippen LogP contribution in [0.15, 0.2) is 0 Å². The van der Waals surface area contributed by atoms with Gasteiger partial charge in [-0.05, 0) is 56.0 Å². The molecule has 2 heteroatoms. The molecule has 0 amide bonds. The normalized spacial score (nSPS) is 31.8. The molecule has 0 radical (unpaired) electrons. The SMILES string of the molecule is CCCNC1CCN(CC2(C(C)C)CC2)CC1C. The van der Waals surface area contributed by atoms with Crippen molar-refractivity contribution in [3.63, 3.8) is 0 Å². The fraction of sp³-hybridized carbons (Fsp3) is 1.00. The molecule has 2 nitrogen and oxygen atoms in total. The molecule has 2 fully saturated rings. The maximum absolute atomic E-state index is 3.72. The molecule has 1 aliphatic heterocycles. The molecule has 2 rings (SSSR count). The molecule has 2 atom stereocenters. The molecule has 0 aromatic carbocycles. The Kier molecular flexibility index (Phi) is 4.71. The number of piperidine rings is 1. The van der Waals surface area contributed by atoms with E-state index in [2.05, 4.69) is 37.9 Å². The molecule has 1 N–H and O–H groups in total. The summed E-state index contributed by atoms with van der Waals surface area (Å²) in [4.78, 5) is 2.74. The molecule has 2 aliphatic rings. The van der Waals surface area contributed by atoms with Crippen molar-refractivity contribution in [3.8, 4) is 0 Å². The first kappa shape index (κ1) is 14.3. The Hall–Kier alpha value is -0.0800. The number of rotatable bonds is 6. The molecule has 0 aromatic rings. The fourth-order valence-corrected chi connectivity index (χ4v) is 3.53. The predicted octanol–water partition coefficient (Wildman–Crippen LogP) is 3.13. The lowest BCUT2D eigenvalue weighted by Gasteiger charge is -2.39. The van der Waals surface area contributed by atoms with Crippen LogP contribution in [0.25, 0.3) is 0 Å². The van der Waals surface area contributed by atoms with E-state index in [0.29, 0.717) is 5.41 Å². The Morgan fingerprint density at radius 3 is 2.56 bits per heavy atom. The quantitative estimate of drug-likeness (QED) is 0.781. The van der Waals surface area contributed by atoms with E-state index in [9.17, 15) is 0 Å². The first-order chi connectivity index (χ1) is 8.57. The molecule has 1 heterocycles. The van der Waals surface area contributed by atoms with Gasteiger partial charge in [-0.1, -0.05) is 27.7 Å². The summed E-state index contributed by atoms with van der Waals surface area (Å²) in [5.74, 6) is 1.68. The lowest BCUT2D eigenvalue weighted by atomic mass is 9.88. The zero-order valence-corrected chi connectivity index (χ0v) is 12.8. The third kappa shape index (κ3) is 3.27. The van der Waals surface area contributed by atoms with Gasteiger partial charge in [0.05, 0.1) is 0 Å². The van der Waals surface area contributed by atoms with E-state index in [4.69, 9.17) is 0 Å². The molecule has 0 aromatic heterocycles. The van der Waals surface area contributed by atoms with Crippen molar-refractivity contribution in [3.05, 3.63) is 0 Å². The minimum absolute atomic E-state index is 0.684. The van der Waals surface area contributed by atoms with Crippen LogP contribution in [0.2, 0.25) is 0 Å². The van der Waals surface area contributed by atoms with Crippen LogP contribution in [-0.4, -0.2) is 37.1 Å². The molecular formula is C16H32N2. The van der Waals surface area contributed by atoms with Crippen molar-refractivity contribution in [1.82, 2.24) is 10.2 Å². The molecule has 1 saturated heterocycles. The van der Waals surface area contributed by atoms with Gasteiger partial charge in [-0.2, -0.15) is 0 Å². The van der Waals surface area contributed by atoms with Gasteiger partial charge in [-0.3, -0.25) is 0 Å². The third-order valence-corrected chi connectivity index (χ3v) is 5.30. The van der Waals surface area contributed by atoms with E-state index in [-0.39, 0.29) is 0 Å². The number of hydrogen-bond donors (Lipinski definition) is 1. The van der Waals surface area contributed by atoms with Crippen molar-refractivity contribution >= 4 is 0 Å². The zero-order chi connectivity index (χ0) is 13.2. The van der Waals surface area contributed by atoms with Crippen molar-refractivity contribution in [2.24, 2.45) is 17.3 Å². The highest BCUT2D eigenvalue weighted by atomic mass is 15.2. The lowest BCUT2D eigenvalue weighted by Crippen LogP contribution is -2.50. The lowest BCUT2D eigenvalue weighted by molar-refractivity contribution is 0.110. The van der Waals surface area contributed by atoms with Crippen molar-refractivity contribution in [2.45, 2.75) is 59.4 Å². The average Bonchev–Trinajstić information content (AvgIpc) is 3.09. The van der Waals surface area contributed by atoms with E-state index in [1.165, 1.54) is 51.9 Å². The molecule has 0 bridgehead atoms. The van der Waals surface area contributed by atoms with Crippen molar-refractivity contribution in [2.75, 3.05) is 26.2 Å². The van der Waals surface area contributed by atoms with E-state index < -0.39 is 0 Å². The Balaban J connectivity index is 1.78. The maximum atomic E-state index is 3.72. The first-order valence-corrected chi connectivity index (χ1v) is 8.03. The second-order valence-corrected chi connectivity index (χ2v) is 7.08. The Bertz CT molecular complexity index is 258. The van der Waals surface area contributed by atoms with Gasteiger partial charge in [-0.25, -0.2) is 0 Å². The van der Waals surface area contributed by atoms with Crippen LogP contribution >= 0.6 is 0 Å². The summed E-state index contributed by atoms with van der Waals surface area (Å²) in [5.41, 5.74) is 0.684. The highest BCUT2D eigenvalue weighted by Gasteiger charge is 2.46. The summed E-state index contributed by atoms with van der Waals surface area (Å²) in [5, 5.41) is 3.72. The van der Waals surface area contributed by atoms with Crippen LogP contribution in [0.1, 0.15) is 53.4 Å². The predicted molar refractivity (Wildman–Crippen MR) is 78.8 cm³/mol. The average molecular weight is 252 g/mol. The van der Waals surface area contributed by atoms with Gasteiger partial charge in [0.1, 0.15) is 0 Å². The minimum atomic E-state index is 0.684. The van der Waals surface area contributed by atoms with E-state index >= 15 is 0 Å². The van der Waals surface area contributed by atoms with Gasteiger partial charge in [0.15, 0.2) is 0 Å². The Morgan fingerprint density at radius 1 is 1.33 bits per heavy atom. The monoisotopic (exact) mass is 252 g/mol. The van der Waals surface area contributed by atoms with Gasteiger partial charge in [0.25, 0.3) is 0 Å². The smallest absolute Gasteiger partial charge is 0.0117 e. The summed E-state index contributed by atoms with van der Waals surface area (Å²) >= 11 is 0. The second kappa shape index (κ2) is 5.92. The maximum Gasteiger partial charge on any atom is 0.0117 e. The van der Waals surface area contributed by atoms with Crippen molar-refractivity contribution < 1.29 is 0 Å². The minimum Gasteiger partial charge on any atom is -0.314 e. The Morgan fingerprint density at radius 2 is 2.06 bits per heavy atom. The number of hydrogen-bond acceptors (Lipinski definition) is 2. The summed E-state index contributed by atoms with van der Waals surface area (Å²) in [6.45, 7) is 14.6. The van der Waals surface area contributed by atoms with E-state index in [0.717, 1.165) is 17.9 Å². The molecule has 1 saturated carbocycles. The van der Waals surface area contributed by atoms with Crippen LogP contribution in [0.4, 0.5) is 0 Å². The third-order valence-electron chi connectivity index (χ3n) is 5.30. The largest absolute Gasteiger partial charge is 0.314 e. The van der Waals surface area contributed by atoms with Gasteiger partial charge in [0, 0.05) is 19.1 Å². The van der Waals surface area contributed by atoms with Crippen LogP contribution in [0.5, 0.6) is 0 Å². The fourth-order valence-electron chi connectivity index (χ4n) is 3.53. The van der Waals surface area contributed by atoms with Crippen LogP contribution in [-0.2, 0) is 0 Å². The molecule has 106 valence electrons. The van der Waals surface area contributed by atoms with Gasteiger partial charge in [-0.15, -0.1) is 0 Å². The first-order valence-electron chi connectivity index (χ1n) is 8.03. The summed E-state index contributed by atoms with van der Waals surface area (Å²) < 4.78 is 0. The summed E-state index contributed by atoms with van der Waals surface area (Å²) in [6.07, 6.45) is 5.53. The number of nitrogens with one attached hydrogen (secondary N) is 1. The molecular weight excluding hydrogens is 220 g/mol. The van der Waals surface area contributed by atoms with Crippen LogP contribution in [0, 0.1) is 17.3 Å². The van der Waals surface area contributed by atoms with Gasteiger partial charge < -0.3 is 10.2 Å². The highest BCUT2D eigenvalue weighted by molar-refractivity contribution is 4.99. The molecule has 2 unspecified atom stereocenters. The number of likely N-dealkylation sites (tertiary alicyclic amines) is 1. The zero-order valence-electron chi connectivity index (χ0n) is 12.8. The van der Waals surface area contributed by atoms with Gasteiger partial charge >= 0.3 is 0 Å². The van der Waals surface area contributed by atoms with Gasteiger partial charge in [0.2, 0.25) is 0 Å². The standard InChI is InChI=1S/C16H32N2/c1-5-9-17-15-6-10-18(11-14(15)4)12-16(7-8-16)13(2)3/h13-15,17H,5-12H2,1-4H3. The van der Waals surface area contributed by atoms with E-state index in [1.807, 2.05) is 0 Å². The molecule has 1 aliphatic carbocycles. The molecule has 18 heavy (non-hydrogen) atoms. The Labute approximate surface area is 114 Å². The summed E-state index contributed by atoms with van der Waals surface area (Å²) in [6, 6.07) is 0.760. The second-order valence-electron chi connectivity index (χ2n) is 7.08. The van der Waals surface area contributed by atoms with Crippen LogP contribution < -0.4 is 5.32 Å². The number of nitrogens with zero attached hydrogens (tertiary/aromatic N) is 1. The summed E-state index contributed by atoms with van der Waals surface area (Å²) in [7, 11) is 0. The highest BCUT2D eigenvalue weighted by Crippen LogP contribution is 2.52. The topological polar surface area (TPSA) is 15.3 Å². The molecule has 0 spiro atoms. The van der Waals surface area contributed by atoms with Crippen LogP contribution in [0.3, 0.4) is 0 Å². The van der Waals surface area contributed by atoms with E-state index in [1.54, 1.807) is 0 Å².